The summed E-state index contributed by atoms with van der Waals surface area (Å²) in [6.45, 7) is 1.02. The molecule has 1 N–H and O–H groups in total. The number of rotatable bonds is 4. The molecule has 9 heteroatoms. The molecule has 1 saturated heterocycles. The van der Waals surface area contributed by atoms with Gasteiger partial charge in [-0.1, -0.05) is 64.8 Å². The first-order chi connectivity index (χ1) is 15.6. The standard InChI is InChI=1S/C23H19Cl2N3O4/c24-17-7-5-15(19(25)9-17)11-31-27-13-26-23(29)28-22-16(12-32-28)10-30-20-8-6-14-3-1-2-4-18(14)21(20)22/h1-9,13,16,22H,10-12H2,(H,26,27,29)/t16-,22-/m1/s1. The van der Waals surface area contributed by atoms with Crippen LogP contribution in [0.5, 0.6) is 5.75 Å². The summed E-state index contributed by atoms with van der Waals surface area (Å²) in [6, 6.07) is 16.4. The molecule has 5 rings (SSSR count). The number of nitrogens with one attached hydrogen (secondary N) is 1. The van der Waals surface area contributed by atoms with E-state index in [1.54, 1.807) is 18.2 Å². The van der Waals surface area contributed by atoms with Gasteiger partial charge in [0.25, 0.3) is 0 Å². The van der Waals surface area contributed by atoms with Crippen molar-refractivity contribution in [3.8, 4) is 5.75 Å². The molecule has 7 nitrogen and oxygen atoms in total. The van der Waals surface area contributed by atoms with Crippen molar-refractivity contribution >= 4 is 46.3 Å². The Hall–Kier alpha value is -3.00. The zero-order chi connectivity index (χ0) is 22.1. The van der Waals surface area contributed by atoms with Crippen molar-refractivity contribution in [3.63, 3.8) is 0 Å². The van der Waals surface area contributed by atoms with E-state index in [9.17, 15) is 4.79 Å². The first-order valence-electron chi connectivity index (χ1n) is 10.1. The third kappa shape index (κ3) is 3.95. The fraction of sp³-hybridized carbons (Fsp3) is 0.217. The molecule has 0 unspecified atom stereocenters. The lowest BCUT2D eigenvalue weighted by atomic mass is 9.88. The molecule has 164 valence electrons. The van der Waals surface area contributed by atoms with Crippen LogP contribution in [0, 0.1) is 5.92 Å². The fourth-order valence-electron chi connectivity index (χ4n) is 4.05. The maximum atomic E-state index is 12.8. The number of carbonyl (C=O) groups excluding carboxylic acids is 1. The van der Waals surface area contributed by atoms with Gasteiger partial charge in [-0.2, -0.15) is 5.06 Å². The molecule has 0 saturated carbocycles. The molecule has 2 heterocycles. The summed E-state index contributed by atoms with van der Waals surface area (Å²) in [7, 11) is 0. The molecule has 32 heavy (non-hydrogen) atoms. The summed E-state index contributed by atoms with van der Waals surface area (Å²) in [4.78, 5) is 23.8. The second-order valence-electron chi connectivity index (χ2n) is 7.53. The molecule has 3 aromatic rings. The molecule has 0 radical (unpaired) electrons. The van der Waals surface area contributed by atoms with Crippen molar-refractivity contribution in [1.82, 2.24) is 10.4 Å². The number of ether oxygens (including phenoxy) is 1. The first kappa shape index (κ1) is 20.9. The van der Waals surface area contributed by atoms with Crippen LogP contribution in [-0.2, 0) is 16.3 Å². The van der Waals surface area contributed by atoms with E-state index in [2.05, 4.69) is 10.5 Å². The Morgan fingerprint density at radius 1 is 1.19 bits per heavy atom. The van der Waals surface area contributed by atoms with Gasteiger partial charge in [0, 0.05) is 27.1 Å². The van der Waals surface area contributed by atoms with E-state index in [-0.39, 0.29) is 18.6 Å². The van der Waals surface area contributed by atoms with Crippen molar-refractivity contribution in [2.45, 2.75) is 12.6 Å². The van der Waals surface area contributed by atoms with Crippen LogP contribution in [0.2, 0.25) is 10.0 Å². The van der Waals surface area contributed by atoms with Crippen LogP contribution in [0.1, 0.15) is 17.2 Å². The van der Waals surface area contributed by atoms with E-state index in [1.807, 2.05) is 36.4 Å². The summed E-state index contributed by atoms with van der Waals surface area (Å²) >= 11 is 12.0. The van der Waals surface area contributed by atoms with Gasteiger partial charge < -0.3 is 9.57 Å². The number of amides is 2. The normalized spacial score (nSPS) is 19.5. The van der Waals surface area contributed by atoms with Crippen LogP contribution in [0.15, 0.2) is 59.8 Å². The highest BCUT2D eigenvalue weighted by Crippen LogP contribution is 2.46. The zero-order valence-corrected chi connectivity index (χ0v) is 18.3. The number of nitrogens with zero attached hydrogens (tertiary/aromatic N) is 2. The largest absolute Gasteiger partial charge is 0.493 e. The minimum absolute atomic E-state index is 0.0410. The Morgan fingerprint density at radius 3 is 2.94 bits per heavy atom. The highest BCUT2D eigenvalue weighted by Gasteiger charge is 2.45. The van der Waals surface area contributed by atoms with Crippen LogP contribution >= 0.6 is 23.2 Å². The summed E-state index contributed by atoms with van der Waals surface area (Å²) in [5.41, 5.74) is 1.69. The van der Waals surface area contributed by atoms with Gasteiger partial charge in [-0.05, 0) is 29.0 Å². The van der Waals surface area contributed by atoms with Gasteiger partial charge in [-0.25, -0.2) is 4.79 Å². The monoisotopic (exact) mass is 471 g/mol. The van der Waals surface area contributed by atoms with Crippen LogP contribution in [0.3, 0.4) is 0 Å². The fourth-order valence-corrected chi connectivity index (χ4v) is 4.51. The van der Waals surface area contributed by atoms with E-state index in [0.29, 0.717) is 23.3 Å². The second-order valence-corrected chi connectivity index (χ2v) is 8.37. The van der Waals surface area contributed by atoms with Crippen molar-refractivity contribution < 1.29 is 19.2 Å². The minimum atomic E-state index is -0.435. The second kappa shape index (κ2) is 8.86. The molecule has 0 bridgehead atoms. The summed E-state index contributed by atoms with van der Waals surface area (Å²) in [6.07, 6.45) is 1.19. The molecule has 0 aromatic heterocycles. The SMILES string of the molecule is O=C(NC=NOCc1ccc(Cl)cc1Cl)N1OC[C@H]2COc3ccc4ccccc4c3[C@@H]21. The zero-order valence-electron chi connectivity index (χ0n) is 16.8. The number of hydrogen-bond donors (Lipinski definition) is 1. The minimum Gasteiger partial charge on any atom is -0.493 e. The predicted molar refractivity (Wildman–Crippen MR) is 122 cm³/mol. The van der Waals surface area contributed by atoms with E-state index >= 15 is 0 Å². The van der Waals surface area contributed by atoms with E-state index < -0.39 is 6.03 Å². The van der Waals surface area contributed by atoms with Gasteiger partial charge in [0.05, 0.1) is 19.3 Å². The number of urea groups is 1. The smallest absolute Gasteiger partial charge is 0.347 e. The third-order valence-corrected chi connectivity index (χ3v) is 6.14. The van der Waals surface area contributed by atoms with Crippen LogP contribution < -0.4 is 10.1 Å². The van der Waals surface area contributed by atoms with Gasteiger partial charge in [-0.3, -0.25) is 10.2 Å². The Kier molecular flexibility index (Phi) is 5.78. The Morgan fingerprint density at radius 2 is 2.06 bits per heavy atom. The molecule has 1 fully saturated rings. The van der Waals surface area contributed by atoms with Gasteiger partial charge in [0.15, 0.2) is 0 Å². The van der Waals surface area contributed by atoms with Crippen molar-refractivity contribution in [3.05, 3.63) is 75.8 Å². The maximum Gasteiger partial charge on any atom is 0.347 e. The predicted octanol–water partition coefficient (Wildman–Crippen LogP) is 5.31. The van der Waals surface area contributed by atoms with E-state index in [0.717, 1.165) is 27.6 Å². The van der Waals surface area contributed by atoms with Crippen molar-refractivity contribution in [2.24, 2.45) is 11.1 Å². The molecule has 0 aliphatic carbocycles. The van der Waals surface area contributed by atoms with Crippen LogP contribution in [-0.4, -0.2) is 30.6 Å². The van der Waals surface area contributed by atoms with Crippen molar-refractivity contribution in [2.75, 3.05) is 13.2 Å². The van der Waals surface area contributed by atoms with Gasteiger partial charge in [-0.15, -0.1) is 0 Å². The number of halogens is 2. The number of oxime groups is 1. The van der Waals surface area contributed by atoms with Crippen LogP contribution in [0.25, 0.3) is 10.8 Å². The molecule has 3 aromatic carbocycles. The van der Waals surface area contributed by atoms with Gasteiger partial charge >= 0.3 is 6.03 Å². The number of hydrogen-bond acceptors (Lipinski definition) is 5. The molecule has 2 amide bonds. The van der Waals surface area contributed by atoms with Crippen molar-refractivity contribution in [1.29, 1.82) is 0 Å². The highest BCUT2D eigenvalue weighted by molar-refractivity contribution is 6.35. The number of carbonyl (C=O) groups is 1. The first-order valence-corrected chi connectivity index (χ1v) is 10.8. The van der Waals surface area contributed by atoms with E-state index in [4.69, 9.17) is 37.6 Å². The summed E-state index contributed by atoms with van der Waals surface area (Å²) < 4.78 is 5.94. The molecule has 2 aliphatic rings. The Bertz CT molecular complexity index is 1200. The summed E-state index contributed by atoms with van der Waals surface area (Å²) in [5.74, 6) is 0.810. The molecule has 2 atom stereocenters. The van der Waals surface area contributed by atoms with E-state index in [1.165, 1.54) is 11.4 Å². The van der Waals surface area contributed by atoms with Gasteiger partial charge in [0.2, 0.25) is 0 Å². The number of benzene rings is 3. The number of fused-ring (bicyclic) bond motifs is 5. The summed E-state index contributed by atoms with van der Waals surface area (Å²) in [5, 5.41) is 10.9. The molecule has 2 aliphatic heterocycles. The van der Waals surface area contributed by atoms with Gasteiger partial charge in [0.1, 0.15) is 18.7 Å². The molecular formula is C23H19Cl2N3O4. The lowest BCUT2D eigenvalue weighted by Crippen LogP contribution is -2.40. The lowest BCUT2D eigenvalue weighted by molar-refractivity contribution is -0.0862. The molecule has 0 spiro atoms. The lowest BCUT2D eigenvalue weighted by Gasteiger charge is -2.32. The number of hydroxylamine groups is 2. The van der Waals surface area contributed by atoms with Crippen LogP contribution in [0.4, 0.5) is 4.79 Å². The topological polar surface area (TPSA) is 72.4 Å². The third-order valence-electron chi connectivity index (χ3n) is 5.56. The highest BCUT2D eigenvalue weighted by atomic mass is 35.5. The molecular weight excluding hydrogens is 453 g/mol. The Balaban J connectivity index is 1.28. The quantitative estimate of drug-likeness (QED) is 0.317. The Labute approximate surface area is 194 Å². The maximum absolute atomic E-state index is 12.8. The average molecular weight is 472 g/mol. The average Bonchev–Trinajstić information content (AvgIpc) is 3.24.